The van der Waals surface area contributed by atoms with E-state index in [4.69, 9.17) is 4.74 Å². The Morgan fingerprint density at radius 3 is 3.06 bits per heavy atom. The molecule has 0 saturated carbocycles. The van der Waals surface area contributed by atoms with Crippen LogP contribution >= 0.6 is 0 Å². The summed E-state index contributed by atoms with van der Waals surface area (Å²) >= 11 is 0. The van der Waals surface area contributed by atoms with Crippen molar-refractivity contribution in [3.63, 3.8) is 0 Å². The third-order valence-corrected chi connectivity index (χ3v) is 2.98. The standard InChI is InChI=1S/C14H9N3O/c1-2-4-13-9(3-1)5-11-14(18-13)6-10-12(17-11)7-15-8-16-10/h1-8,17H. The Morgan fingerprint density at radius 1 is 1.11 bits per heavy atom. The molecule has 4 rings (SSSR count). The van der Waals surface area contributed by atoms with Crippen molar-refractivity contribution in [3.8, 4) is 5.75 Å². The maximum Gasteiger partial charge on any atom is 0.153 e. The van der Waals surface area contributed by atoms with Gasteiger partial charge in [-0.2, -0.15) is 0 Å². The van der Waals surface area contributed by atoms with E-state index in [0.29, 0.717) is 0 Å². The fraction of sp³-hybridized carbons (Fsp3) is 0. The smallest absolute Gasteiger partial charge is 0.153 e. The highest BCUT2D eigenvalue weighted by Crippen LogP contribution is 2.36. The average Bonchev–Trinajstić information content (AvgIpc) is 2.42. The monoisotopic (exact) mass is 235 g/mol. The predicted molar refractivity (Wildman–Crippen MR) is 68.7 cm³/mol. The number of nitrogens with zero attached hydrogens (tertiary/aromatic N) is 2. The lowest BCUT2D eigenvalue weighted by molar-refractivity contribution is 0.435. The molecule has 1 N–H and O–H groups in total. The van der Waals surface area contributed by atoms with Crippen molar-refractivity contribution in [3.05, 3.63) is 59.5 Å². The Balaban J connectivity index is 1.88. The second-order valence-corrected chi connectivity index (χ2v) is 4.15. The maximum absolute atomic E-state index is 5.86. The summed E-state index contributed by atoms with van der Waals surface area (Å²) in [5.74, 6) is 1.66. The van der Waals surface area contributed by atoms with Crippen LogP contribution in [0, 0.1) is 0 Å². The fourth-order valence-electron chi connectivity index (χ4n) is 2.12. The van der Waals surface area contributed by atoms with E-state index in [0.717, 1.165) is 34.2 Å². The molecule has 0 amide bonds. The van der Waals surface area contributed by atoms with Gasteiger partial charge in [-0.15, -0.1) is 0 Å². The average molecular weight is 235 g/mol. The van der Waals surface area contributed by atoms with Crippen LogP contribution in [0.1, 0.15) is 11.3 Å². The largest absolute Gasteiger partial charge is 0.454 e. The van der Waals surface area contributed by atoms with E-state index in [-0.39, 0.29) is 0 Å². The first kappa shape index (κ1) is 9.41. The summed E-state index contributed by atoms with van der Waals surface area (Å²) in [6, 6.07) is 7.94. The molecule has 0 bridgehead atoms. The third-order valence-electron chi connectivity index (χ3n) is 2.98. The molecule has 1 aromatic heterocycles. The Hall–Kier alpha value is -2.62. The topological polar surface area (TPSA) is 47.0 Å². The maximum atomic E-state index is 5.86. The molecular weight excluding hydrogens is 226 g/mol. The van der Waals surface area contributed by atoms with Crippen LogP contribution in [-0.4, -0.2) is 9.97 Å². The van der Waals surface area contributed by atoms with E-state index in [9.17, 15) is 0 Å². The summed E-state index contributed by atoms with van der Waals surface area (Å²) in [4.78, 5) is 8.22. The van der Waals surface area contributed by atoms with Gasteiger partial charge in [0, 0.05) is 11.6 Å². The first-order valence-corrected chi connectivity index (χ1v) is 5.68. The predicted octanol–water partition coefficient (Wildman–Crippen LogP) is 2.68. The Bertz CT molecular complexity index is 642. The molecule has 2 aliphatic rings. The summed E-state index contributed by atoms with van der Waals surface area (Å²) in [6.07, 6.45) is 7.29. The number of anilines is 1. The zero-order valence-corrected chi connectivity index (χ0v) is 9.42. The number of hydrogen-bond donors (Lipinski definition) is 1. The number of ether oxygens (including phenoxy) is 1. The van der Waals surface area contributed by atoms with Crippen molar-refractivity contribution >= 4 is 17.8 Å². The lowest BCUT2D eigenvalue weighted by atomic mass is 10.1. The third kappa shape index (κ3) is 1.32. The highest BCUT2D eigenvalue weighted by atomic mass is 16.5. The zero-order chi connectivity index (χ0) is 11.9. The summed E-state index contributed by atoms with van der Waals surface area (Å²) in [5.41, 5.74) is 3.75. The van der Waals surface area contributed by atoms with Crippen molar-refractivity contribution in [2.45, 2.75) is 0 Å². The van der Waals surface area contributed by atoms with Crippen molar-refractivity contribution in [2.75, 3.05) is 5.32 Å². The molecule has 4 heteroatoms. The second-order valence-electron chi connectivity index (χ2n) is 4.15. The lowest BCUT2D eigenvalue weighted by Gasteiger charge is -2.25. The minimum atomic E-state index is 0.792. The van der Waals surface area contributed by atoms with E-state index in [1.54, 1.807) is 6.20 Å². The Kier molecular flexibility index (Phi) is 1.80. The van der Waals surface area contributed by atoms with Crippen molar-refractivity contribution in [2.24, 2.45) is 0 Å². The van der Waals surface area contributed by atoms with Crippen LogP contribution in [0.15, 0.2) is 48.2 Å². The highest BCUT2D eigenvalue weighted by molar-refractivity contribution is 5.81. The number of para-hydroxylation sites is 1. The molecule has 2 aromatic rings. The summed E-state index contributed by atoms with van der Waals surface area (Å²) in [6.45, 7) is 0. The normalized spacial score (nSPS) is 15.1. The van der Waals surface area contributed by atoms with Crippen LogP contribution in [0.4, 0.5) is 5.69 Å². The number of nitrogens with one attached hydrogen (secondary N) is 1. The molecular formula is C14H9N3O. The summed E-state index contributed by atoms with van der Waals surface area (Å²) < 4.78 is 5.86. The van der Waals surface area contributed by atoms with Crippen LogP contribution in [0.2, 0.25) is 0 Å². The molecule has 0 spiro atoms. The van der Waals surface area contributed by atoms with Gasteiger partial charge in [0.25, 0.3) is 0 Å². The summed E-state index contributed by atoms with van der Waals surface area (Å²) in [7, 11) is 0. The van der Waals surface area contributed by atoms with Crippen molar-refractivity contribution in [1.29, 1.82) is 0 Å². The molecule has 0 atom stereocenters. The van der Waals surface area contributed by atoms with Gasteiger partial charge >= 0.3 is 0 Å². The van der Waals surface area contributed by atoms with Gasteiger partial charge in [-0.3, -0.25) is 0 Å². The molecule has 0 saturated heterocycles. The van der Waals surface area contributed by atoms with Crippen molar-refractivity contribution < 1.29 is 4.74 Å². The molecule has 0 radical (unpaired) electrons. The number of fused-ring (bicyclic) bond motifs is 3. The van der Waals surface area contributed by atoms with E-state index in [1.165, 1.54) is 6.33 Å². The van der Waals surface area contributed by atoms with E-state index < -0.39 is 0 Å². The van der Waals surface area contributed by atoms with Gasteiger partial charge < -0.3 is 10.1 Å². The number of aromatic nitrogens is 2. The minimum Gasteiger partial charge on any atom is -0.454 e. The number of benzene rings is 1. The first-order chi connectivity index (χ1) is 8.90. The molecule has 1 aromatic carbocycles. The molecule has 0 aliphatic carbocycles. The number of hydrogen-bond acceptors (Lipinski definition) is 4. The van der Waals surface area contributed by atoms with Crippen molar-refractivity contribution in [1.82, 2.24) is 9.97 Å². The molecule has 3 heterocycles. The van der Waals surface area contributed by atoms with Gasteiger partial charge in [0.05, 0.1) is 23.3 Å². The second kappa shape index (κ2) is 3.43. The van der Waals surface area contributed by atoms with Gasteiger partial charge in [0.1, 0.15) is 12.1 Å². The molecule has 18 heavy (non-hydrogen) atoms. The van der Waals surface area contributed by atoms with Gasteiger partial charge in [-0.25, -0.2) is 9.97 Å². The molecule has 0 unspecified atom stereocenters. The van der Waals surface area contributed by atoms with E-state index >= 15 is 0 Å². The van der Waals surface area contributed by atoms with Crippen LogP contribution in [-0.2, 0) is 0 Å². The fourth-order valence-corrected chi connectivity index (χ4v) is 2.12. The molecule has 0 fully saturated rings. The number of rotatable bonds is 0. The van der Waals surface area contributed by atoms with Gasteiger partial charge in [-0.05, 0) is 12.1 Å². The zero-order valence-electron chi connectivity index (χ0n) is 9.42. The van der Waals surface area contributed by atoms with Gasteiger partial charge in [0.2, 0.25) is 0 Å². The van der Waals surface area contributed by atoms with Crippen LogP contribution < -0.4 is 10.1 Å². The van der Waals surface area contributed by atoms with Crippen LogP contribution in [0.3, 0.4) is 0 Å². The lowest BCUT2D eigenvalue weighted by Crippen LogP contribution is -2.16. The molecule has 4 nitrogen and oxygen atoms in total. The first-order valence-electron chi connectivity index (χ1n) is 5.68. The Labute approximate surface area is 104 Å². The quantitative estimate of drug-likeness (QED) is 0.762. The molecule has 2 aliphatic heterocycles. The summed E-state index contributed by atoms with van der Waals surface area (Å²) in [5, 5.41) is 3.28. The SMILES string of the molecule is C1=C2Nc3cncnc3C=C2Oc2ccccc21. The van der Waals surface area contributed by atoms with Crippen LogP contribution in [0.25, 0.3) is 12.2 Å². The highest BCUT2D eigenvalue weighted by Gasteiger charge is 2.22. The molecule has 86 valence electrons. The minimum absolute atomic E-state index is 0.792. The van der Waals surface area contributed by atoms with Gasteiger partial charge in [0.15, 0.2) is 5.76 Å². The van der Waals surface area contributed by atoms with Crippen LogP contribution in [0.5, 0.6) is 5.75 Å². The Morgan fingerprint density at radius 2 is 2.06 bits per heavy atom. The van der Waals surface area contributed by atoms with E-state index in [2.05, 4.69) is 21.4 Å². The van der Waals surface area contributed by atoms with Gasteiger partial charge in [-0.1, -0.05) is 18.2 Å². The van der Waals surface area contributed by atoms with E-state index in [1.807, 2.05) is 30.3 Å².